The Morgan fingerprint density at radius 2 is 1.96 bits per heavy atom. The van der Waals surface area contributed by atoms with E-state index in [0.29, 0.717) is 10.8 Å². The summed E-state index contributed by atoms with van der Waals surface area (Å²) in [6.45, 7) is 5.65. The normalized spacial score (nSPS) is 12.0. The molecule has 146 valence electrons. The summed E-state index contributed by atoms with van der Waals surface area (Å²) in [6, 6.07) is 13.3. The highest BCUT2D eigenvalue weighted by Crippen LogP contribution is 2.23. The van der Waals surface area contributed by atoms with Crippen LogP contribution in [0.2, 0.25) is 0 Å². The fraction of sp³-hybridized carbons (Fsp3) is 0.286. The van der Waals surface area contributed by atoms with E-state index >= 15 is 0 Å². The lowest BCUT2D eigenvalue weighted by molar-refractivity contribution is -0.146. The van der Waals surface area contributed by atoms with Crippen LogP contribution in [0.15, 0.2) is 52.1 Å². The third-order valence-electron chi connectivity index (χ3n) is 4.36. The van der Waals surface area contributed by atoms with Gasteiger partial charge < -0.3 is 14.5 Å². The average molecular weight is 398 g/mol. The van der Waals surface area contributed by atoms with Gasteiger partial charge in [-0.1, -0.05) is 42.1 Å². The number of carbonyl (C=O) groups excluding carboxylic acids is 2. The summed E-state index contributed by atoms with van der Waals surface area (Å²) in [5.41, 5.74) is 4.78. The number of para-hydroxylation sites is 2. The largest absolute Gasteiger partial charge is 0.455 e. The van der Waals surface area contributed by atoms with Gasteiger partial charge in [0.1, 0.15) is 11.3 Å². The summed E-state index contributed by atoms with van der Waals surface area (Å²) in [5.74, 6) is -0.820. The molecule has 1 atom stereocenters. The number of benzene rings is 2. The topological polar surface area (TPSA) is 81.4 Å². The van der Waals surface area contributed by atoms with E-state index < -0.39 is 5.97 Å². The first-order valence-electron chi connectivity index (χ1n) is 8.93. The number of thioether (sulfide) groups is 1. The van der Waals surface area contributed by atoms with Crippen LogP contribution in [0.1, 0.15) is 29.7 Å². The Kier molecular flexibility index (Phi) is 6.36. The zero-order valence-corrected chi connectivity index (χ0v) is 16.8. The van der Waals surface area contributed by atoms with Crippen molar-refractivity contribution in [3.05, 3.63) is 59.2 Å². The van der Waals surface area contributed by atoms with E-state index in [1.54, 1.807) is 0 Å². The standard InChI is InChI=1S/C21H22N2O4S/c1-13-8-9-16(10-14(13)2)15(3)22-19(24)11-26-20(25)12-28-21-23-17-6-4-5-7-18(17)27-21/h4-10,15H,11-12H2,1-3H3,(H,22,24). The number of oxazole rings is 1. The highest BCUT2D eigenvalue weighted by atomic mass is 32.2. The van der Waals surface area contributed by atoms with Gasteiger partial charge in [-0.25, -0.2) is 4.98 Å². The monoisotopic (exact) mass is 398 g/mol. The minimum atomic E-state index is -0.499. The number of aryl methyl sites for hydroxylation is 2. The summed E-state index contributed by atoms with van der Waals surface area (Å²) >= 11 is 1.14. The fourth-order valence-corrected chi connectivity index (χ4v) is 3.26. The molecule has 0 saturated carbocycles. The summed E-state index contributed by atoms with van der Waals surface area (Å²) < 4.78 is 10.6. The molecule has 1 aromatic heterocycles. The van der Waals surface area contributed by atoms with Crippen LogP contribution < -0.4 is 5.32 Å². The number of rotatable bonds is 7. The van der Waals surface area contributed by atoms with Crippen LogP contribution in [-0.4, -0.2) is 29.2 Å². The molecule has 28 heavy (non-hydrogen) atoms. The lowest BCUT2D eigenvalue weighted by Gasteiger charge is -2.15. The van der Waals surface area contributed by atoms with Crippen molar-refractivity contribution >= 4 is 34.7 Å². The molecular formula is C21H22N2O4S. The van der Waals surface area contributed by atoms with E-state index in [4.69, 9.17) is 9.15 Å². The molecule has 0 radical (unpaired) electrons. The molecule has 1 heterocycles. The molecule has 3 rings (SSSR count). The molecule has 6 nitrogen and oxygen atoms in total. The first-order valence-corrected chi connectivity index (χ1v) is 9.91. The number of ether oxygens (including phenoxy) is 1. The van der Waals surface area contributed by atoms with Crippen molar-refractivity contribution in [3.8, 4) is 0 Å². The average Bonchev–Trinajstić information content (AvgIpc) is 3.09. The molecule has 1 amide bonds. The second kappa shape index (κ2) is 8.93. The van der Waals surface area contributed by atoms with Crippen LogP contribution in [0.25, 0.3) is 11.1 Å². The van der Waals surface area contributed by atoms with Gasteiger partial charge in [-0.3, -0.25) is 9.59 Å². The molecule has 0 spiro atoms. The van der Waals surface area contributed by atoms with E-state index in [0.717, 1.165) is 22.8 Å². The highest BCUT2D eigenvalue weighted by Gasteiger charge is 2.14. The van der Waals surface area contributed by atoms with Gasteiger partial charge in [0.15, 0.2) is 12.2 Å². The van der Waals surface area contributed by atoms with E-state index in [9.17, 15) is 9.59 Å². The van der Waals surface area contributed by atoms with Gasteiger partial charge in [0.2, 0.25) is 0 Å². The Balaban J connectivity index is 1.43. The van der Waals surface area contributed by atoms with Crippen LogP contribution in [0.5, 0.6) is 0 Å². The van der Waals surface area contributed by atoms with Crippen molar-refractivity contribution in [2.45, 2.75) is 32.0 Å². The molecule has 1 unspecified atom stereocenters. The Labute approximate surface area is 167 Å². The van der Waals surface area contributed by atoms with Gasteiger partial charge in [0.25, 0.3) is 11.1 Å². The molecule has 3 aromatic rings. The van der Waals surface area contributed by atoms with Crippen molar-refractivity contribution in [1.82, 2.24) is 10.3 Å². The zero-order valence-electron chi connectivity index (χ0n) is 16.0. The lowest BCUT2D eigenvalue weighted by Crippen LogP contribution is -2.31. The Morgan fingerprint density at radius 3 is 2.71 bits per heavy atom. The van der Waals surface area contributed by atoms with E-state index in [1.165, 1.54) is 11.1 Å². The number of esters is 1. The van der Waals surface area contributed by atoms with Crippen LogP contribution in [-0.2, 0) is 14.3 Å². The van der Waals surface area contributed by atoms with E-state index in [1.807, 2.05) is 63.2 Å². The molecule has 0 bridgehead atoms. The number of nitrogens with one attached hydrogen (secondary N) is 1. The van der Waals surface area contributed by atoms with E-state index in [-0.39, 0.29) is 24.3 Å². The van der Waals surface area contributed by atoms with Crippen molar-refractivity contribution in [2.24, 2.45) is 0 Å². The van der Waals surface area contributed by atoms with Gasteiger partial charge in [-0.15, -0.1) is 0 Å². The van der Waals surface area contributed by atoms with Crippen molar-refractivity contribution in [1.29, 1.82) is 0 Å². The van der Waals surface area contributed by atoms with E-state index in [2.05, 4.69) is 10.3 Å². The van der Waals surface area contributed by atoms with Crippen LogP contribution in [0, 0.1) is 13.8 Å². The first-order chi connectivity index (χ1) is 13.4. The second-order valence-corrected chi connectivity index (χ2v) is 7.46. The number of aromatic nitrogens is 1. The Morgan fingerprint density at radius 1 is 1.18 bits per heavy atom. The summed E-state index contributed by atoms with van der Waals surface area (Å²) in [5, 5.41) is 3.23. The lowest BCUT2D eigenvalue weighted by atomic mass is 10.0. The summed E-state index contributed by atoms with van der Waals surface area (Å²) in [4.78, 5) is 28.2. The zero-order chi connectivity index (χ0) is 20.1. The predicted octanol–water partition coefficient (Wildman–Crippen LogP) is 3.96. The summed E-state index contributed by atoms with van der Waals surface area (Å²) in [7, 11) is 0. The minimum absolute atomic E-state index is 0.0206. The number of fused-ring (bicyclic) bond motifs is 1. The number of amides is 1. The predicted molar refractivity (Wildman–Crippen MR) is 108 cm³/mol. The number of hydrogen-bond acceptors (Lipinski definition) is 6. The summed E-state index contributed by atoms with van der Waals surface area (Å²) in [6.07, 6.45) is 0. The fourth-order valence-electron chi connectivity index (χ4n) is 2.62. The molecule has 0 aliphatic carbocycles. The van der Waals surface area contributed by atoms with Crippen molar-refractivity contribution < 1.29 is 18.7 Å². The second-order valence-electron chi connectivity index (χ2n) is 6.53. The maximum absolute atomic E-state index is 12.0. The molecule has 0 saturated heterocycles. The first kappa shape index (κ1) is 19.9. The van der Waals surface area contributed by atoms with Gasteiger partial charge in [-0.05, 0) is 49.6 Å². The smallest absolute Gasteiger partial charge is 0.316 e. The van der Waals surface area contributed by atoms with Gasteiger partial charge in [0.05, 0.1) is 6.04 Å². The minimum Gasteiger partial charge on any atom is -0.455 e. The van der Waals surface area contributed by atoms with Crippen molar-refractivity contribution in [2.75, 3.05) is 12.4 Å². The van der Waals surface area contributed by atoms with Gasteiger partial charge in [0, 0.05) is 0 Å². The Hall–Kier alpha value is -2.80. The third kappa shape index (κ3) is 5.13. The van der Waals surface area contributed by atoms with Crippen LogP contribution in [0.3, 0.4) is 0 Å². The number of carbonyl (C=O) groups is 2. The number of hydrogen-bond donors (Lipinski definition) is 1. The van der Waals surface area contributed by atoms with Gasteiger partial charge >= 0.3 is 5.97 Å². The van der Waals surface area contributed by atoms with Gasteiger partial charge in [-0.2, -0.15) is 0 Å². The van der Waals surface area contributed by atoms with Crippen LogP contribution >= 0.6 is 11.8 Å². The van der Waals surface area contributed by atoms with Crippen molar-refractivity contribution in [3.63, 3.8) is 0 Å². The molecule has 7 heteroatoms. The SMILES string of the molecule is Cc1ccc(C(C)NC(=O)COC(=O)CSc2nc3ccccc3o2)cc1C. The maximum atomic E-state index is 12.0. The number of nitrogens with zero attached hydrogens (tertiary/aromatic N) is 1. The molecule has 0 aliphatic rings. The molecule has 2 aromatic carbocycles. The quantitative estimate of drug-likeness (QED) is 0.479. The molecule has 0 aliphatic heterocycles. The molecular weight excluding hydrogens is 376 g/mol. The van der Waals surface area contributed by atoms with Crippen LogP contribution in [0.4, 0.5) is 0 Å². The Bertz CT molecular complexity index is 966. The molecule has 1 N–H and O–H groups in total. The third-order valence-corrected chi connectivity index (χ3v) is 5.16. The molecule has 0 fully saturated rings. The maximum Gasteiger partial charge on any atom is 0.316 e. The highest BCUT2D eigenvalue weighted by molar-refractivity contribution is 7.99.